The largest absolute Gasteiger partial charge is 0.211 e. The van der Waals surface area contributed by atoms with Crippen LogP contribution < -0.4 is 0 Å². The van der Waals surface area contributed by atoms with Crippen LogP contribution in [0.4, 0.5) is 0 Å². The van der Waals surface area contributed by atoms with Gasteiger partial charge in [-0.3, -0.25) is 0 Å². The highest BCUT2D eigenvalue weighted by Crippen LogP contribution is 1.96. The third-order valence-electron chi connectivity index (χ3n) is 1.04. The number of terminal acetylenes is 1. The molecule has 0 rings (SSSR count). The normalized spacial score (nSPS) is 13.1. The van der Waals surface area contributed by atoms with Gasteiger partial charge in [-0.15, -0.1) is 6.42 Å². The summed E-state index contributed by atoms with van der Waals surface area (Å²) in [7, 11) is 0. The summed E-state index contributed by atoms with van der Waals surface area (Å²) < 4.78 is 3.58. The monoisotopic (exact) mass is 139 g/mol. The Morgan fingerprint density at radius 2 is 2.33 bits per heavy atom. The van der Waals surface area contributed by atoms with E-state index in [-0.39, 0.29) is 0 Å². The van der Waals surface area contributed by atoms with Crippen LogP contribution >= 0.6 is 12.8 Å². The van der Waals surface area contributed by atoms with Crippen molar-refractivity contribution in [3.8, 4) is 12.3 Å². The maximum atomic E-state index is 5.09. The van der Waals surface area contributed by atoms with Crippen LogP contribution in [0.1, 0.15) is 13.8 Å². The van der Waals surface area contributed by atoms with Crippen molar-refractivity contribution in [2.75, 3.05) is 0 Å². The van der Waals surface area contributed by atoms with Gasteiger partial charge in [0.15, 0.2) is 0 Å². The van der Waals surface area contributed by atoms with Crippen molar-refractivity contribution < 1.29 is 0 Å². The summed E-state index contributed by atoms with van der Waals surface area (Å²) in [6, 6.07) is 0. The summed E-state index contributed by atoms with van der Waals surface area (Å²) in [4.78, 5) is 0. The molecule has 0 atom stereocenters. The molecule has 1 nitrogen and oxygen atoms in total. The van der Waals surface area contributed by atoms with Crippen molar-refractivity contribution >= 4 is 18.5 Å². The maximum absolute atomic E-state index is 5.09. The lowest BCUT2D eigenvalue weighted by Gasteiger charge is -1.92. The van der Waals surface area contributed by atoms with Gasteiger partial charge in [0, 0.05) is 0 Å². The summed E-state index contributed by atoms with van der Waals surface area (Å²) in [5.41, 5.74) is 1.58. The van der Waals surface area contributed by atoms with E-state index < -0.39 is 0 Å². The fourth-order valence-electron chi connectivity index (χ4n) is 0.358. The van der Waals surface area contributed by atoms with Crippen molar-refractivity contribution in [2.45, 2.75) is 13.8 Å². The molecule has 0 fully saturated rings. The number of rotatable bonds is 1. The second-order valence-corrected chi connectivity index (χ2v) is 1.76. The Hall–Kier alpha value is -0.680. The van der Waals surface area contributed by atoms with Crippen LogP contribution in [0, 0.1) is 12.3 Å². The lowest BCUT2D eigenvalue weighted by molar-refractivity contribution is 1.53. The molecule has 0 amide bonds. The van der Waals surface area contributed by atoms with Gasteiger partial charge in [0.1, 0.15) is 5.71 Å². The lowest BCUT2D eigenvalue weighted by Crippen LogP contribution is -1.92. The molecule has 2 heteroatoms. The fourth-order valence-corrected chi connectivity index (χ4v) is 0.574. The number of nitrogens with zero attached hydrogens (tertiary/aromatic N) is 1. The molecule has 0 saturated carbocycles. The van der Waals surface area contributed by atoms with E-state index in [1.807, 2.05) is 19.9 Å². The van der Waals surface area contributed by atoms with Gasteiger partial charge in [0.2, 0.25) is 0 Å². The first kappa shape index (κ1) is 8.32. The fraction of sp³-hybridized carbons (Fsp3) is 0.286. The quantitative estimate of drug-likeness (QED) is 0.323. The van der Waals surface area contributed by atoms with Crippen LogP contribution in [-0.4, -0.2) is 5.71 Å². The molecular weight excluding hydrogens is 130 g/mol. The van der Waals surface area contributed by atoms with E-state index in [1.54, 1.807) is 0 Å². The highest BCUT2D eigenvalue weighted by molar-refractivity contribution is 7.79. The molecule has 0 bridgehead atoms. The van der Waals surface area contributed by atoms with Crippen LogP contribution in [0.2, 0.25) is 0 Å². The molecule has 9 heavy (non-hydrogen) atoms. The van der Waals surface area contributed by atoms with Crippen molar-refractivity contribution in [3.63, 3.8) is 0 Å². The van der Waals surface area contributed by atoms with Gasteiger partial charge in [-0.25, -0.2) is 4.40 Å². The van der Waals surface area contributed by atoms with Crippen molar-refractivity contribution in [1.29, 1.82) is 0 Å². The summed E-state index contributed by atoms with van der Waals surface area (Å²) in [6.07, 6.45) is 6.99. The van der Waals surface area contributed by atoms with Gasteiger partial charge in [0.05, 0.1) is 0 Å². The maximum Gasteiger partial charge on any atom is 0.123 e. The molecule has 0 aromatic rings. The molecule has 0 radical (unpaired) electrons. The standard InChI is InChI=1S/C7H9NS/c1-4-6(3)7(5-2)8-9/h2,4,9H,1,3H3/b6-4-,8-7-. The Labute approximate surface area is 61.4 Å². The number of allylic oxidation sites excluding steroid dienone is 2. The van der Waals surface area contributed by atoms with Crippen LogP contribution in [0.15, 0.2) is 16.0 Å². The third-order valence-corrected chi connectivity index (χ3v) is 1.24. The Kier molecular flexibility index (Phi) is 3.90. The Morgan fingerprint density at radius 1 is 1.78 bits per heavy atom. The first-order chi connectivity index (χ1) is 4.26. The topological polar surface area (TPSA) is 12.4 Å². The molecule has 0 heterocycles. The highest BCUT2D eigenvalue weighted by atomic mass is 32.1. The average molecular weight is 139 g/mol. The van der Waals surface area contributed by atoms with Gasteiger partial charge in [-0.05, 0) is 38.2 Å². The predicted octanol–water partition coefficient (Wildman–Crippen LogP) is 1.87. The Balaban J connectivity index is 4.39. The zero-order valence-electron chi connectivity index (χ0n) is 5.55. The minimum atomic E-state index is 0.598. The summed E-state index contributed by atoms with van der Waals surface area (Å²) in [5, 5.41) is 0. The second kappa shape index (κ2) is 4.22. The van der Waals surface area contributed by atoms with E-state index in [2.05, 4.69) is 23.1 Å². The van der Waals surface area contributed by atoms with Crippen LogP contribution in [0.3, 0.4) is 0 Å². The zero-order chi connectivity index (χ0) is 7.28. The average Bonchev–Trinajstić information content (AvgIpc) is 1.90. The van der Waals surface area contributed by atoms with Gasteiger partial charge < -0.3 is 0 Å². The third kappa shape index (κ3) is 2.39. The molecule has 0 spiro atoms. The van der Waals surface area contributed by atoms with Crippen molar-refractivity contribution in [2.24, 2.45) is 4.40 Å². The van der Waals surface area contributed by atoms with Gasteiger partial charge in [0.25, 0.3) is 0 Å². The van der Waals surface area contributed by atoms with E-state index in [4.69, 9.17) is 6.42 Å². The molecular formula is C7H9NS. The molecule has 0 aromatic carbocycles. The molecule has 0 aliphatic carbocycles. The summed E-state index contributed by atoms with van der Waals surface area (Å²) in [6.45, 7) is 3.81. The van der Waals surface area contributed by atoms with E-state index in [1.165, 1.54) is 0 Å². The van der Waals surface area contributed by atoms with Crippen LogP contribution in [-0.2, 0) is 0 Å². The van der Waals surface area contributed by atoms with Gasteiger partial charge in [-0.2, -0.15) is 0 Å². The molecule has 0 saturated heterocycles. The van der Waals surface area contributed by atoms with Gasteiger partial charge in [-0.1, -0.05) is 6.08 Å². The predicted molar refractivity (Wildman–Crippen MR) is 44.7 cm³/mol. The first-order valence-electron chi connectivity index (χ1n) is 2.58. The smallest absolute Gasteiger partial charge is 0.123 e. The van der Waals surface area contributed by atoms with E-state index in [0.29, 0.717) is 5.71 Å². The minimum absolute atomic E-state index is 0.598. The van der Waals surface area contributed by atoms with Crippen molar-refractivity contribution in [1.82, 2.24) is 0 Å². The Bertz CT molecular complexity index is 184. The van der Waals surface area contributed by atoms with Crippen LogP contribution in [0.5, 0.6) is 0 Å². The first-order valence-corrected chi connectivity index (χ1v) is 2.98. The molecule has 48 valence electrons. The highest BCUT2D eigenvalue weighted by Gasteiger charge is 1.92. The number of hydrogen-bond acceptors (Lipinski definition) is 2. The molecule has 0 aromatic heterocycles. The van der Waals surface area contributed by atoms with Crippen LogP contribution in [0.25, 0.3) is 0 Å². The molecule has 0 aliphatic rings. The molecule has 0 unspecified atom stereocenters. The zero-order valence-corrected chi connectivity index (χ0v) is 6.44. The Morgan fingerprint density at radius 3 is 2.44 bits per heavy atom. The van der Waals surface area contributed by atoms with Crippen molar-refractivity contribution in [3.05, 3.63) is 11.6 Å². The lowest BCUT2D eigenvalue weighted by atomic mass is 10.2. The number of hydrogen-bond donors (Lipinski definition) is 1. The summed E-state index contributed by atoms with van der Waals surface area (Å²) in [5.74, 6) is 2.41. The molecule has 0 N–H and O–H groups in total. The second-order valence-electron chi connectivity index (χ2n) is 1.56. The molecule has 0 aliphatic heterocycles. The SMILES string of the molecule is C#CC(=N/S)/C(C)=C\C. The van der Waals surface area contributed by atoms with E-state index >= 15 is 0 Å². The minimum Gasteiger partial charge on any atom is -0.211 e. The number of thiol groups is 1. The van der Waals surface area contributed by atoms with E-state index in [0.717, 1.165) is 5.57 Å². The summed E-state index contributed by atoms with van der Waals surface area (Å²) >= 11 is 3.69. The van der Waals surface area contributed by atoms with Gasteiger partial charge >= 0.3 is 0 Å². The van der Waals surface area contributed by atoms with E-state index in [9.17, 15) is 0 Å².